The molecule has 1 unspecified atom stereocenters. The Hall–Kier alpha value is -1.74. The Morgan fingerprint density at radius 1 is 1.00 bits per heavy atom. The highest BCUT2D eigenvalue weighted by atomic mass is 32.2. The number of nitrogens with zero attached hydrogens (tertiary/aromatic N) is 1. The van der Waals surface area contributed by atoms with Gasteiger partial charge in [-0.3, -0.25) is 4.79 Å². The van der Waals surface area contributed by atoms with Crippen molar-refractivity contribution in [3.8, 4) is 0 Å². The molecule has 0 aliphatic carbocycles. The highest BCUT2D eigenvalue weighted by Crippen LogP contribution is 2.31. The zero-order valence-corrected chi connectivity index (χ0v) is 13.5. The van der Waals surface area contributed by atoms with Gasteiger partial charge in [-0.25, -0.2) is 0 Å². The van der Waals surface area contributed by atoms with Gasteiger partial charge in [0.15, 0.2) is 0 Å². The van der Waals surface area contributed by atoms with Crippen molar-refractivity contribution in [2.75, 3.05) is 6.54 Å². The first kappa shape index (κ1) is 15.2. The molecule has 0 bridgehead atoms. The van der Waals surface area contributed by atoms with Gasteiger partial charge in [0.1, 0.15) is 0 Å². The molecule has 1 atom stereocenters. The number of carbonyl (C=O) groups excluding carboxylic acids is 1. The van der Waals surface area contributed by atoms with Crippen LogP contribution in [0.5, 0.6) is 0 Å². The van der Waals surface area contributed by atoms with E-state index in [-0.39, 0.29) is 5.37 Å². The van der Waals surface area contributed by atoms with E-state index in [4.69, 9.17) is 0 Å². The highest BCUT2D eigenvalue weighted by molar-refractivity contribution is 7.99. The molecule has 1 aliphatic rings. The molecule has 2 aromatic rings. The van der Waals surface area contributed by atoms with Crippen LogP contribution in [0.2, 0.25) is 0 Å². The molecule has 1 saturated heterocycles. The van der Waals surface area contributed by atoms with E-state index >= 15 is 0 Å². The second-order valence-electron chi connectivity index (χ2n) is 5.60. The summed E-state index contributed by atoms with van der Waals surface area (Å²) in [6, 6.07) is 20.9. The van der Waals surface area contributed by atoms with Crippen LogP contribution in [-0.4, -0.2) is 22.7 Å². The quantitative estimate of drug-likeness (QED) is 0.739. The molecule has 0 aromatic heterocycles. The van der Waals surface area contributed by atoms with Gasteiger partial charge in [0.25, 0.3) is 0 Å². The maximum atomic E-state index is 12.1. The van der Waals surface area contributed by atoms with Crippen molar-refractivity contribution < 1.29 is 4.79 Å². The zero-order valence-electron chi connectivity index (χ0n) is 12.7. The largest absolute Gasteiger partial charge is 0.330 e. The molecule has 3 rings (SSSR count). The molecular weight excluding hydrogens is 290 g/mol. The van der Waals surface area contributed by atoms with Gasteiger partial charge in [-0.1, -0.05) is 48.5 Å². The van der Waals surface area contributed by atoms with Crippen LogP contribution in [0.15, 0.2) is 65.6 Å². The Kier molecular flexibility index (Phi) is 5.17. The van der Waals surface area contributed by atoms with Gasteiger partial charge in [0.2, 0.25) is 5.91 Å². The lowest BCUT2D eigenvalue weighted by Crippen LogP contribution is -2.34. The number of benzene rings is 2. The fraction of sp³-hybridized carbons (Fsp3) is 0.316. The fourth-order valence-electron chi connectivity index (χ4n) is 2.84. The Labute approximate surface area is 136 Å². The van der Waals surface area contributed by atoms with Gasteiger partial charge in [-0.05, 0) is 37.0 Å². The van der Waals surface area contributed by atoms with E-state index in [1.54, 1.807) is 0 Å². The van der Waals surface area contributed by atoms with Crippen LogP contribution >= 0.6 is 11.8 Å². The summed E-state index contributed by atoms with van der Waals surface area (Å²) in [5.41, 5.74) is 1.34. The number of thioether (sulfide) groups is 1. The van der Waals surface area contributed by atoms with Gasteiger partial charge in [-0.2, -0.15) is 0 Å². The van der Waals surface area contributed by atoms with Gasteiger partial charge >= 0.3 is 0 Å². The first-order valence-corrected chi connectivity index (χ1v) is 8.76. The molecule has 0 radical (unpaired) electrons. The summed E-state index contributed by atoms with van der Waals surface area (Å²) >= 11 is 1.81. The summed E-state index contributed by atoms with van der Waals surface area (Å²) in [7, 11) is 0. The minimum Gasteiger partial charge on any atom is -0.330 e. The molecule has 0 saturated carbocycles. The predicted molar refractivity (Wildman–Crippen MR) is 91.8 cm³/mol. The van der Waals surface area contributed by atoms with E-state index in [2.05, 4.69) is 53.4 Å². The summed E-state index contributed by atoms with van der Waals surface area (Å²) in [5, 5.41) is 0.234. The Morgan fingerprint density at radius 3 is 2.32 bits per heavy atom. The molecule has 2 aromatic carbocycles. The van der Waals surface area contributed by atoms with Gasteiger partial charge in [0.05, 0.1) is 5.37 Å². The second-order valence-corrected chi connectivity index (χ2v) is 6.85. The van der Waals surface area contributed by atoms with Crippen molar-refractivity contribution in [1.82, 2.24) is 4.90 Å². The summed E-state index contributed by atoms with van der Waals surface area (Å²) in [5.74, 6) is 0.307. The van der Waals surface area contributed by atoms with E-state index in [9.17, 15) is 4.79 Å². The van der Waals surface area contributed by atoms with E-state index in [1.165, 1.54) is 10.5 Å². The molecule has 1 aliphatic heterocycles. The second kappa shape index (κ2) is 7.50. The lowest BCUT2D eigenvalue weighted by atomic mass is 10.1. The average Bonchev–Trinajstić information content (AvgIpc) is 2.99. The SMILES string of the molecule is O=C1CCCN1C(CCc1ccccc1)Sc1ccccc1. The van der Waals surface area contributed by atoms with Crippen molar-refractivity contribution in [2.45, 2.75) is 36.0 Å². The number of hydrogen-bond acceptors (Lipinski definition) is 2. The van der Waals surface area contributed by atoms with Crippen LogP contribution in [0.25, 0.3) is 0 Å². The number of likely N-dealkylation sites (tertiary alicyclic amines) is 1. The molecule has 1 fully saturated rings. The molecule has 2 nitrogen and oxygen atoms in total. The van der Waals surface area contributed by atoms with Crippen molar-refractivity contribution in [2.24, 2.45) is 0 Å². The number of carbonyl (C=O) groups is 1. The molecule has 114 valence electrons. The smallest absolute Gasteiger partial charge is 0.223 e. The highest BCUT2D eigenvalue weighted by Gasteiger charge is 2.28. The van der Waals surface area contributed by atoms with Crippen molar-refractivity contribution in [1.29, 1.82) is 0 Å². The van der Waals surface area contributed by atoms with Crippen LogP contribution in [0.1, 0.15) is 24.8 Å². The lowest BCUT2D eigenvalue weighted by molar-refractivity contribution is -0.128. The summed E-state index contributed by atoms with van der Waals surface area (Å²) in [6.07, 6.45) is 3.71. The van der Waals surface area contributed by atoms with Crippen molar-refractivity contribution in [3.05, 3.63) is 66.2 Å². The third-order valence-electron chi connectivity index (χ3n) is 4.00. The minimum absolute atomic E-state index is 0.234. The Bertz CT molecular complexity index is 599. The molecule has 0 spiro atoms. The molecule has 22 heavy (non-hydrogen) atoms. The Morgan fingerprint density at radius 2 is 1.68 bits per heavy atom. The maximum Gasteiger partial charge on any atom is 0.223 e. The summed E-state index contributed by atoms with van der Waals surface area (Å²) in [4.78, 5) is 15.4. The molecule has 1 amide bonds. The van der Waals surface area contributed by atoms with Crippen LogP contribution in [0.4, 0.5) is 0 Å². The van der Waals surface area contributed by atoms with Crippen molar-refractivity contribution in [3.63, 3.8) is 0 Å². The monoisotopic (exact) mass is 311 g/mol. The number of rotatable bonds is 6. The van der Waals surface area contributed by atoms with E-state index in [1.807, 2.05) is 23.9 Å². The topological polar surface area (TPSA) is 20.3 Å². The zero-order chi connectivity index (χ0) is 15.2. The Balaban J connectivity index is 1.69. The first-order chi connectivity index (χ1) is 10.8. The van der Waals surface area contributed by atoms with E-state index in [0.717, 1.165) is 25.8 Å². The third-order valence-corrected chi connectivity index (χ3v) is 5.30. The van der Waals surface area contributed by atoms with Crippen LogP contribution in [0.3, 0.4) is 0 Å². The maximum absolute atomic E-state index is 12.1. The lowest BCUT2D eigenvalue weighted by Gasteiger charge is -2.27. The number of hydrogen-bond donors (Lipinski definition) is 0. The van der Waals surface area contributed by atoms with Gasteiger partial charge < -0.3 is 4.90 Å². The average molecular weight is 311 g/mol. The minimum atomic E-state index is 0.234. The standard InChI is InChI=1S/C19H21NOS/c21-18-12-7-15-20(18)19(22-17-10-5-2-6-11-17)14-13-16-8-3-1-4-9-16/h1-6,8-11,19H,7,12-15H2. The number of aryl methyl sites for hydroxylation is 1. The van der Waals surface area contributed by atoms with Crippen LogP contribution in [0, 0.1) is 0 Å². The predicted octanol–water partition coefficient (Wildman–Crippen LogP) is 4.36. The van der Waals surface area contributed by atoms with E-state index in [0.29, 0.717) is 12.3 Å². The first-order valence-electron chi connectivity index (χ1n) is 7.88. The van der Waals surface area contributed by atoms with Gasteiger partial charge in [-0.15, -0.1) is 11.8 Å². The van der Waals surface area contributed by atoms with Crippen LogP contribution < -0.4 is 0 Å². The normalized spacial score (nSPS) is 16.0. The summed E-state index contributed by atoms with van der Waals surface area (Å²) in [6.45, 7) is 0.901. The van der Waals surface area contributed by atoms with E-state index < -0.39 is 0 Å². The molecule has 0 N–H and O–H groups in total. The fourth-order valence-corrected chi connectivity index (χ4v) is 4.06. The summed E-state index contributed by atoms with van der Waals surface area (Å²) < 4.78 is 0. The van der Waals surface area contributed by atoms with Gasteiger partial charge in [0, 0.05) is 17.9 Å². The van der Waals surface area contributed by atoms with Crippen molar-refractivity contribution >= 4 is 17.7 Å². The number of amides is 1. The third kappa shape index (κ3) is 3.92. The van der Waals surface area contributed by atoms with Crippen LogP contribution in [-0.2, 0) is 11.2 Å². The molecular formula is C19H21NOS. The molecule has 1 heterocycles. The molecule has 3 heteroatoms.